The minimum atomic E-state index is -0.551. The van der Waals surface area contributed by atoms with Crippen LogP contribution in [0.4, 0.5) is 0 Å². The number of hydrogen-bond acceptors (Lipinski definition) is 4. The van der Waals surface area contributed by atoms with Gasteiger partial charge in [-0.05, 0) is 31.5 Å². The average molecular weight is 397 g/mol. The molecule has 154 valence electrons. The fourth-order valence-corrected chi connectivity index (χ4v) is 3.30. The van der Waals surface area contributed by atoms with Gasteiger partial charge in [0.1, 0.15) is 11.5 Å². The Morgan fingerprint density at radius 1 is 1.03 bits per heavy atom. The molecule has 1 atom stereocenters. The van der Waals surface area contributed by atoms with Gasteiger partial charge in [-0.25, -0.2) is 0 Å². The number of rotatable bonds is 7. The summed E-state index contributed by atoms with van der Waals surface area (Å²) < 4.78 is 5.43. The van der Waals surface area contributed by atoms with Crippen molar-refractivity contribution in [3.05, 3.63) is 59.0 Å². The number of piperazine rings is 1. The van der Waals surface area contributed by atoms with E-state index in [1.807, 2.05) is 50.2 Å². The van der Waals surface area contributed by atoms with E-state index in [2.05, 4.69) is 5.32 Å². The third-order valence-corrected chi connectivity index (χ3v) is 5.07. The van der Waals surface area contributed by atoms with Gasteiger partial charge in [-0.15, -0.1) is 0 Å². The molecular formula is C22H27N3O4. The van der Waals surface area contributed by atoms with E-state index < -0.39 is 17.7 Å². The summed E-state index contributed by atoms with van der Waals surface area (Å²) >= 11 is 0. The second kappa shape index (κ2) is 8.94. The van der Waals surface area contributed by atoms with Gasteiger partial charge in [-0.3, -0.25) is 14.4 Å². The van der Waals surface area contributed by atoms with Gasteiger partial charge in [0.05, 0.1) is 12.5 Å². The molecule has 0 saturated carbocycles. The van der Waals surface area contributed by atoms with E-state index in [4.69, 9.17) is 4.42 Å². The van der Waals surface area contributed by atoms with Gasteiger partial charge in [0, 0.05) is 26.2 Å². The molecule has 1 aromatic heterocycles. The van der Waals surface area contributed by atoms with Crippen LogP contribution < -0.4 is 5.32 Å². The number of carbonyl (C=O) groups excluding carboxylic acids is 3. The predicted octanol–water partition coefficient (Wildman–Crippen LogP) is 2.02. The third-order valence-electron chi connectivity index (χ3n) is 5.07. The summed E-state index contributed by atoms with van der Waals surface area (Å²) in [7, 11) is 0. The first-order valence-electron chi connectivity index (χ1n) is 9.80. The number of carbonyl (C=O) groups is 3. The molecule has 1 N–H and O–H groups in total. The van der Waals surface area contributed by atoms with Crippen molar-refractivity contribution in [1.29, 1.82) is 0 Å². The molecule has 7 heteroatoms. The van der Waals surface area contributed by atoms with Crippen LogP contribution in [0.15, 0.2) is 40.8 Å². The molecule has 0 spiro atoms. The molecule has 7 nitrogen and oxygen atoms in total. The molecule has 3 rings (SSSR count). The zero-order valence-corrected chi connectivity index (χ0v) is 17.1. The SMILES string of the molecule is Cc1ccc(CN2CCN(CC(C)C(=O)NCc3ccc(C)o3)C(=O)C2=O)cc1. The van der Waals surface area contributed by atoms with Gasteiger partial charge in [-0.2, -0.15) is 0 Å². The lowest BCUT2D eigenvalue weighted by atomic mass is 10.1. The summed E-state index contributed by atoms with van der Waals surface area (Å²) in [4.78, 5) is 40.4. The lowest BCUT2D eigenvalue weighted by Crippen LogP contribution is -2.55. The molecule has 3 amide bonds. The van der Waals surface area contributed by atoms with Crippen LogP contribution in [0.3, 0.4) is 0 Å². The molecule has 1 unspecified atom stereocenters. The molecule has 1 fully saturated rings. The number of furan rings is 1. The van der Waals surface area contributed by atoms with Crippen LogP contribution in [-0.4, -0.2) is 47.2 Å². The Kier molecular flexibility index (Phi) is 6.36. The van der Waals surface area contributed by atoms with E-state index in [1.54, 1.807) is 11.8 Å². The summed E-state index contributed by atoms with van der Waals surface area (Å²) in [5, 5.41) is 2.81. The van der Waals surface area contributed by atoms with Crippen molar-refractivity contribution < 1.29 is 18.8 Å². The Bertz CT molecular complexity index is 888. The minimum Gasteiger partial charge on any atom is -0.465 e. The molecule has 0 bridgehead atoms. The normalized spacial score (nSPS) is 15.6. The standard InChI is InChI=1S/C22H27N3O4/c1-15-4-7-18(8-5-15)14-25-11-10-24(21(27)22(25)28)13-16(2)20(26)23-12-19-9-6-17(3)29-19/h4-9,16H,10-14H2,1-3H3,(H,23,26). The first-order valence-corrected chi connectivity index (χ1v) is 9.80. The van der Waals surface area contributed by atoms with E-state index in [9.17, 15) is 14.4 Å². The van der Waals surface area contributed by atoms with Crippen LogP contribution in [0.1, 0.15) is 29.6 Å². The highest BCUT2D eigenvalue weighted by molar-refractivity contribution is 6.35. The van der Waals surface area contributed by atoms with Crippen LogP contribution in [0.2, 0.25) is 0 Å². The number of hydrogen-bond donors (Lipinski definition) is 1. The second-order valence-corrected chi connectivity index (χ2v) is 7.59. The van der Waals surface area contributed by atoms with Crippen molar-refractivity contribution >= 4 is 17.7 Å². The summed E-state index contributed by atoms with van der Waals surface area (Å²) in [6.07, 6.45) is 0. The van der Waals surface area contributed by atoms with Crippen LogP contribution in [0.25, 0.3) is 0 Å². The van der Waals surface area contributed by atoms with Crippen LogP contribution in [-0.2, 0) is 27.5 Å². The van der Waals surface area contributed by atoms with E-state index >= 15 is 0 Å². The van der Waals surface area contributed by atoms with Crippen molar-refractivity contribution in [2.75, 3.05) is 19.6 Å². The Labute approximate surface area is 170 Å². The Balaban J connectivity index is 1.50. The highest BCUT2D eigenvalue weighted by atomic mass is 16.3. The first-order chi connectivity index (χ1) is 13.8. The van der Waals surface area contributed by atoms with Crippen molar-refractivity contribution in [1.82, 2.24) is 15.1 Å². The Hall–Kier alpha value is -3.09. The van der Waals surface area contributed by atoms with Crippen molar-refractivity contribution in [2.45, 2.75) is 33.9 Å². The zero-order chi connectivity index (χ0) is 21.0. The lowest BCUT2D eigenvalue weighted by Gasteiger charge is -2.34. The second-order valence-electron chi connectivity index (χ2n) is 7.59. The van der Waals surface area contributed by atoms with Gasteiger partial charge in [0.2, 0.25) is 5.91 Å². The van der Waals surface area contributed by atoms with Crippen LogP contribution >= 0.6 is 0 Å². The molecule has 1 aliphatic rings. The first kappa shape index (κ1) is 20.6. The van der Waals surface area contributed by atoms with Crippen molar-refractivity contribution in [3.63, 3.8) is 0 Å². The molecule has 1 aromatic carbocycles. The van der Waals surface area contributed by atoms with E-state index in [-0.39, 0.29) is 12.5 Å². The van der Waals surface area contributed by atoms with Crippen molar-refractivity contribution in [2.24, 2.45) is 5.92 Å². The number of aryl methyl sites for hydroxylation is 2. The number of nitrogens with one attached hydrogen (secondary N) is 1. The van der Waals surface area contributed by atoms with E-state index in [0.29, 0.717) is 31.9 Å². The predicted molar refractivity (Wildman–Crippen MR) is 108 cm³/mol. The third kappa shape index (κ3) is 5.25. The molecule has 29 heavy (non-hydrogen) atoms. The van der Waals surface area contributed by atoms with Crippen molar-refractivity contribution in [3.8, 4) is 0 Å². The number of nitrogens with zero attached hydrogens (tertiary/aromatic N) is 2. The molecule has 2 heterocycles. The summed E-state index contributed by atoms with van der Waals surface area (Å²) in [6.45, 7) is 7.40. The smallest absolute Gasteiger partial charge is 0.312 e. The van der Waals surface area contributed by atoms with Gasteiger partial charge >= 0.3 is 11.8 Å². The monoisotopic (exact) mass is 397 g/mol. The largest absolute Gasteiger partial charge is 0.465 e. The number of benzene rings is 1. The lowest BCUT2D eigenvalue weighted by molar-refractivity contribution is -0.157. The maximum absolute atomic E-state index is 12.5. The Morgan fingerprint density at radius 2 is 1.69 bits per heavy atom. The Morgan fingerprint density at radius 3 is 2.34 bits per heavy atom. The molecule has 0 radical (unpaired) electrons. The topological polar surface area (TPSA) is 82.9 Å². The van der Waals surface area contributed by atoms with E-state index in [0.717, 1.165) is 16.9 Å². The molecule has 1 saturated heterocycles. The number of amides is 3. The average Bonchev–Trinajstić information content (AvgIpc) is 3.12. The zero-order valence-electron chi connectivity index (χ0n) is 17.1. The van der Waals surface area contributed by atoms with Crippen LogP contribution in [0.5, 0.6) is 0 Å². The fourth-order valence-electron chi connectivity index (χ4n) is 3.30. The molecule has 2 aromatic rings. The fraction of sp³-hybridized carbons (Fsp3) is 0.409. The summed E-state index contributed by atoms with van der Waals surface area (Å²) in [6, 6.07) is 11.6. The van der Waals surface area contributed by atoms with E-state index in [1.165, 1.54) is 4.90 Å². The molecule has 0 aliphatic carbocycles. The highest BCUT2D eigenvalue weighted by Crippen LogP contribution is 2.13. The van der Waals surface area contributed by atoms with Gasteiger partial charge in [0.25, 0.3) is 0 Å². The highest BCUT2D eigenvalue weighted by Gasteiger charge is 2.33. The maximum atomic E-state index is 12.5. The van der Waals surface area contributed by atoms with Crippen LogP contribution in [0, 0.1) is 19.8 Å². The molecular weight excluding hydrogens is 370 g/mol. The van der Waals surface area contributed by atoms with Gasteiger partial charge in [-0.1, -0.05) is 36.8 Å². The van der Waals surface area contributed by atoms with Gasteiger partial charge in [0.15, 0.2) is 0 Å². The summed E-state index contributed by atoms with van der Waals surface area (Å²) in [5.74, 6) is -0.207. The minimum absolute atomic E-state index is 0.179. The van der Waals surface area contributed by atoms with Gasteiger partial charge < -0.3 is 19.5 Å². The summed E-state index contributed by atoms with van der Waals surface area (Å²) in [5.41, 5.74) is 2.14. The quantitative estimate of drug-likeness (QED) is 0.725. The maximum Gasteiger partial charge on any atom is 0.312 e. The molecule has 1 aliphatic heterocycles.